The molecule has 49 heavy (non-hydrogen) atoms. The van der Waals surface area contributed by atoms with Gasteiger partial charge >= 0.3 is 23.9 Å². The minimum Gasteiger partial charge on any atom is -0.480 e. The van der Waals surface area contributed by atoms with Crippen LogP contribution in [0.25, 0.3) is 10.9 Å². The average Bonchev–Trinajstić information content (AvgIpc) is 3.46. The molecule has 3 aromatic rings. The predicted molar refractivity (Wildman–Crippen MR) is 187 cm³/mol. The molecule has 0 amide bonds. The van der Waals surface area contributed by atoms with Crippen LogP contribution in [-0.2, 0) is 32.0 Å². The third kappa shape index (κ3) is 20.7. The number of unbranched alkanes of at least 4 members (excludes halogenated alkanes) is 1. The van der Waals surface area contributed by atoms with Crippen LogP contribution in [-0.4, -0.2) is 92.5 Å². The van der Waals surface area contributed by atoms with Gasteiger partial charge in [-0.2, -0.15) is 0 Å². The number of fused-ring (bicyclic) bond motifs is 1. The minimum atomic E-state index is -1.00. The van der Waals surface area contributed by atoms with E-state index in [1.807, 2.05) is 60.8 Å². The van der Waals surface area contributed by atoms with E-state index in [1.54, 1.807) is 0 Å². The number of carboxylic acids is 4. The molecule has 0 aliphatic rings. The van der Waals surface area contributed by atoms with Crippen molar-refractivity contribution in [2.75, 3.05) is 13.1 Å². The topological polar surface area (TPSA) is 359 Å². The summed E-state index contributed by atoms with van der Waals surface area (Å²) in [6.45, 7) is 1.02. The van der Waals surface area contributed by atoms with Crippen molar-refractivity contribution in [3.05, 3.63) is 71.9 Å². The Morgan fingerprint density at radius 1 is 0.653 bits per heavy atom. The maximum atomic E-state index is 10.6. The lowest BCUT2D eigenvalue weighted by Gasteiger charge is -2.04. The van der Waals surface area contributed by atoms with Crippen molar-refractivity contribution in [2.45, 2.75) is 69.1 Å². The number of hydrogen-bond donors (Lipinski definition) is 12. The van der Waals surface area contributed by atoms with Crippen molar-refractivity contribution in [3.63, 3.8) is 0 Å². The smallest absolute Gasteiger partial charge is 0.320 e. The highest BCUT2D eigenvalue weighted by molar-refractivity contribution is 5.84. The van der Waals surface area contributed by atoms with Gasteiger partial charge in [-0.15, -0.1) is 0 Å². The third-order valence-electron chi connectivity index (χ3n) is 6.62. The molecule has 0 aliphatic carbocycles. The number of nitrogens with zero attached hydrogens (tertiary/aromatic N) is 1. The van der Waals surface area contributed by atoms with Crippen LogP contribution in [0.4, 0.5) is 0 Å². The van der Waals surface area contributed by atoms with E-state index >= 15 is 0 Å². The molecule has 0 spiro atoms. The van der Waals surface area contributed by atoms with E-state index in [4.69, 9.17) is 60.6 Å². The monoisotopic (exact) mass is 689 g/mol. The molecule has 0 saturated heterocycles. The fraction of sp³-hybridized carbons (Fsp3) is 0.406. The van der Waals surface area contributed by atoms with Crippen molar-refractivity contribution in [2.24, 2.45) is 45.1 Å². The summed E-state index contributed by atoms with van der Waals surface area (Å²) in [5, 5.41) is 35.0. The lowest BCUT2D eigenvalue weighted by atomic mass is 10.1. The first-order valence-corrected chi connectivity index (χ1v) is 15.4. The molecule has 0 fully saturated rings. The fourth-order valence-electron chi connectivity index (χ4n) is 3.85. The Bertz CT molecular complexity index is 1430. The van der Waals surface area contributed by atoms with Crippen LogP contribution in [0.5, 0.6) is 0 Å². The SMILES string of the molecule is NC(Cc1c[nH]c2ccccc12)C(=O)O.NC(Cc1ccccc1)C(=O)O.NC(N)=NCCCC(N)C(=O)O.NCCCCC(N)C(=O)O. The van der Waals surface area contributed by atoms with Crippen LogP contribution in [0.3, 0.4) is 0 Å². The number of nitrogens with one attached hydrogen (secondary N) is 1. The highest BCUT2D eigenvalue weighted by Gasteiger charge is 2.14. The molecule has 0 saturated carbocycles. The van der Waals surface area contributed by atoms with Gasteiger partial charge in [-0.3, -0.25) is 24.2 Å². The Kier molecular flexibility index (Phi) is 22.4. The first-order chi connectivity index (χ1) is 23.1. The summed E-state index contributed by atoms with van der Waals surface area (Å²) >= 11 is 0. The molecule has 1 aromatic heterocycles. The van der Waals surface area contributed by atoms with Gasteiger partial charge in [0.2, 0.25) is 0 Å². The molecule has 3 rings (SSSR count). The second-order valence-corrected chi connectivity index (χ2v) is 10.8. The molecular weight excluding hydrogens is 638 g/mol. The third-order valence-corrected chi connectivity index (χ3v) is 6.62. The van der Waals surface area contributed by atoms with Crippen LogP contribution >= 0.6 is 0 Å². The molecule has 17 nitrogen and oxygen atoms in total. The van der Waals surface area contributed by atoms with E-state index in [0.717, 1.165) is 34.9 Å². The Hall–Kier alpha value is -5.07. The van der Waals surface area contributed by atoms with Crippen molar-refractivity contribution < 1.29 is 39.6 Å². The number of benzene rings is 2. The van der Waals surface area contributed by atoms with Gasteiger partial charge in [-0.05, 0) is 55.8 Å². The van der Waals surface area contributed by atoms with Gasteiger partial charge in [0.15, 0.2) is 5.96 Å². The summed E-state index contributed by atoms with van der Waals surface area (Å²) in [4.78, 5) is 48.1. The minimum absolute atomic E-state index is 0.0129. The van der Waals surface area contributed by atoms with Crippen LogP contribution < -0.4 is 40.1 Å². The van der Waals surface area contributed by atoms with Crippen molar-refractivity contribution in [1.29, 1.82) is 0 Å². The van der Waals surface area contributed by atoms with Gasteiger partial charge in [0.05, 0.1) is 0 Å². The molecule has 17 heteroatoms. The lowest BCUT2D eigenvalue weighted by Crippen LogP contribution is -2.32. The summed E-state index contributed by atoms with van der Waals surface area (Å²) in [5.74, 6) is -3.85. The number of nitrogens with two attached hydrogens (primary N) is 7. The Morgan fingerprint density at radius 3 is 1.65 bits per heavy atom. The zero-order valence-corrected chi connectivity index (χ0v) is 27.4. The van der Waals surface area contributed by atoms with E-state index in [1.165, 1.54) is 0 Å². The van der Waals surface area contributed by atoms with Gasteiger partial charge in [0, 0.05) is 30.1 Å². The first-order valence-electron chi connectivity index (χ1n) is 15.4. The number of aromatic amines is 1. The van der Waals surface area contributed by atoms with Crippen molar-refractivity contribution in [3.8, 4) is 0 Å². The molecule has 0 bridgehead atoms. The second-order valence-electron chi connectivity index (χ2n) is 10.8. The molecule has 0 aliphatic heterocycles. The number of aliphatic carboxylic acids is 4. The number of H-pyrrole nitrogens is 1. The number of hydrogen-bond acceptors (Lipinski definition) is 10. The molecule has 1 heterocycles. The summed E-state index contributed by atoms with van der Waals surface area (Å²) in [7, 11) is 0. The number of guanidine groups is 1. The Balaban J connectivity index is 0.000000635. The first kappa shape index (κ1) is 43.9. The summed E-state index contributed by atoms with van der Waals surface area (Å²) in [5.41, 5.74) is 39.5. The normalized spacial score (nSPS) is 12.6. The highest BCUT2D eigenvalue weighted by Crippen LogP contribution is 2.18. The van der Waals surface area contributed by atoms with Crippen LogP contribution in [0.1, 0.15) is 43.2 Å². The van der Waals surface area contributed by atoms with E-state index in [2.05, 4.69) is 9.98 Å². The zero-order valence-electron chi connectivity index (χ0n) is 27.4. The van der Waals surface area contributed by atoms with Crippen molar-refractivity contribution in [1.82, 2.24) is 4.98 Å². The summed E-state index contributed by atoms with van der Waals surface area (Å²) < 4.78 is 0. The average molecular weight is 690 g/mol. The molecule has 19 N–H and O–H groups in total. The van der Waals surface area contributed by atoms with Gasteiger partial charge in [-0.1, -0.05) is 55.0 Å². The molecular formula is C32H51N9O8. The number of aromatic nitrogens is 1. The van der Waals surface area contributed by atoms with Crippen LogP contribution in [0.2, 0.25) is 0 Å². The number of para-hydroxylation sites is 1. The van der Waals surface area contributed by atoms with E-state index in [0.29, 0.717) is 45.2 Å². The molecule has 4 atom stereocenters. The van der Waals surface area contributed by atoms with Crippen LogP contribution in [0, 0.1) is 0 Å². The number of carboxylic acid groups (broad SMARTS) is 4. The van der Waals surface area contributed by atoms with E-state index < -0.39 is 48.0 Å². The lowest BCUT2D eigenvalue weighted by molar-refractivity contribution is -0.139. The number of carbonyl (C=O) groups is 4. The number of aliphatic imine (C=N–C) groups is 1. The highest BCUT2D eigenvalue weighted by atomic mass is 16.4. The quantitative estimate of drug-likeness (QED) is 0.0523. The molecule has 272 valence electrons. The standard InChI is InChI=1S/C11H12N2O2.C9H11NO2.C6H14N4O2.C6H14N2O2/c12-9(11(14)15)5-7-6-13-10-4-2-1-3-8(7)10;10-8(9(11)12)6-7-4-2-1-3-5-7;7-4(5(11)12)2-1-3-10-6(8)9;7-4-2-1-3-5(8)6(9)10/h1-4,6,9,13H,5,12H2,(H,14,15);1-5,8H,6,10H2,(H,11,12);4H,1-3,7H2,(H,11,12)(H4,8,9,10);5H,1-4,7-8H2,(H,9,10). The molecule has 0 radical (unpaired) electrons. The van der Waals surface area contributed by atoms with Crippen LogP contribution in [0.15, 0.2) is 65.8 Å². The zero-order chi connectivity index (χ0) is 37.4. The van der Waals surface area contributed by atoms with Gasteiger partial charge in [0.1, 0.15) is 24.2 Å². The summed E-state index contributed by atoms with van der Waals surface area (Å²) in [6, 6.07) is 13.9. The Morgan fingerprint density at radius 2 is 1.14 bits per heavy atom. The second kappa shape index (κ2) is 25.0. The van der Waals surface area contributed by atoms with Gasteiger partial charge < -0.3 is 65.5 Å². The maximum absolute atomic E-state index is 10.6. The largest absolute Gasteiger partial charge is 0.480 e. The van der Waals surface area contributed by atoms with Crippen molar-refractivity contribution >= 4 is 40.7 Å². The Labute approximate surface area is 284 Å². The van der Waals surface area contributed by atoms with Gasteiger partial charge in [-0.25, -0.2) is 0 Å². The molecule has 2 aromatic carbocycles. The van der Waals surface area contributed by atoms with Gasteiger partial charge in [0.25, 0.3) is 0 Å². The fourth-order valence-corrected chi connectivity index (χ4v) is 3.85. The maximum Gasteiger partial charge on any atom is 0.320 e. The van der Waals surface area contributed by atoms with E-state index in [-0.39, 0.29) is 5.96 Å². The molecule has 4 unspecified atom stereocenters. The van der Waals surface area contributed by atoms with E-state index in [9.17, 15) is 19.2 Å². The summed E-state index contributed by atoms with van der Waals surface area (Å²) in [6.07, 6.45) is 5.66. The number of rotatable bonds is 16. The predicted octanol–water partition coefficient (Wildman–Crippen LogP) is -0.257.